The van der Waals surface area contributed by atoms with Gasteiger partial charge in [0.2, 0.25) is 10.0 Å². The van der Waals surface area contributed by atoms with Gasteiger partial charge in [0.15, 0.2) is 0 Å². The first-order valence-corrected chi connectivity index (χ1v) is 8.42. The van der Waals surface area contributed by atoms with Crippen molar-refractivity contribution >= 4 is 21.6 Å². The van der Waals surface area contributed by atoms with Crippen LogP contribution >= 0.6 is 11.6 Å². The third-order valence-corrected chi connectivity index (χ3v) is 5.25. The lowest BCUT2D eigenvalue weighted by Crippen LogP contribution is -2.30. The molecular formula is C15H17ClN2O2S. The van der Waals surface area contributed by atoms with Crippen LogP contribution in [0.5, 0.6) is 0 Å². The summed E-state index contributed by atoms with van der Waals surface area (Å²) in [6.07, 6.45) is 1.40. The molecule has 0 amide bonds. The lowest BCUT2D eigenvalue weighted by Gasteiger charge is -2.20. The molecule has 0 radical (unpaired) electrons. The van der Waals surface area contributed by atoms with Crippen LogP contribution in [0.2, 0.25) is 5.15 Å². The number of aryl methyl sites for hydroxylation is 1. The fourth-order valence-corrected chi connectivity index (χ4v) is 3.76. The van der Waals surface area contributed by atoms with Gasteiger partial charge in [0.1, 0.15) is 5.15 Å². The molecule has 0 N–H and O–H groups in total. The van der Waals surface area contributed by atoms with Gasteiger partial charge in [0, 0.05) is 19.3 Å². The largest absolute Gasteiger partial charge is 0.244 e. The predicted octanol–water partition coefficient (Wildman–Crippen LogP) is 3.25. The van der Waals surface area contributed by atoms with Crippen molar-refractivity contribution < 1.29 is 8.42 Å². The molecule has 0 fully saturated rings. The van der Waals surface area contributed by atoms with Crippen molar-refractivity contribution in [1.29, 1.82) is 0 Å². The minimum absolute atomic E-state index is 0.164. The second-order valence-electron chi connectivity index (χ2n) is 4.73. The lowest BCUT2D eigenvalue weighted by molar-refractivity contribution is 0.423. The van der Waals surface area contributed by atoms with Crippen molar-refractivity contribution in [2.75, 3.05) is 6.54 Å². The minimum atomic E-state index is -3.58. The summed E-state index contributed by atoms with van der Waals surface area (Å²) in [4.78, 5) is 3.98. The highest BCUT2D eigenvalue weighted by molar-refractivity contribution is 7.89. The van der Waals surface area contributed by atoms with E-state index in [1.165, 1.54) is 22.6 Å². The van der Waals surface area contributed by atoms with Gasteiger partial charge >= 0.3 is 0 Å². The molecule has 0 atom stereocenters. The van der Waals surface area contributed by atoms with Gasteiger partial charge in [-0.2, -0.15) is 4.31 Å². The van der Waals surface area contributed by atoms with Crippen molar-refractivity contribution in [2.24, 2.45) is 0 Å². The van der Waals surface area contributed by atoms with Crippen molar-refractivity contribution in [2.45, 2.75) is 25.3 Å². The first-order valence-electron chi connectivity index (χ1n) is 6.60. The van der Waals surface area contributed by atoms with Crippen LogP contribution in [0.25, 0.3) is 0 Å². The van der Waals surface area contributed by atoms with Crippen molar-refractivity contribution in [3.63, 3.8) is 0 Å². The Morgan fingerprint density at radius 2 is 2.00 bits per heavy atom. The lowest BCUT2D eigenvalue weighted by atomic mass is 10.1. The third-order valence-electron chi connectivity index (χ3n) is 3.13. The summed E-state index contributed by atoms with van der Waals surface area (Å²) in [7, 11) is -3.58. The molecule has 1 aromatic heterocycles. The van der Waals surface area contributed by atoms with E-state index in [1.54, 1.807) is 0 Å². The number of pyridine rings is 1. The molecule has 2 rings (SSSR count). The predicted molar refractivity (Wildman–Crippen MR) is 83.7 cm³/mol. The third kappa shape index (κ3) is 3.81. The first-order chi connectivity index (χ1) is 9.93. The number of rotatable bonds is 5. The average Bonchev–Trinajstić information content (AvgIpc) is 2.44. The summed E-state index contributed by atoms with van der Waals surface area (Å²) < 4.78 is 26.7. The van der Waals surface area contributed by atoms with E-state index in [1.807, 2.05) is 38.1 Å². The van der Waals surface area contributed by atoms with Gasteiger partial charge in [0.05, 0.1) is 4.90 Å². The number of benzene rings is 1. The maximum atomic E-state index is 12.6. The van der Waals surface area contributed by atoms with Crippen LogP contribution in [0.4, 0.5) is 0 Å². The second-order valence-corrected chi connectivity index (χ2v) is 7.06. The Balaban J connectivity index is 2.32. The Bertz CT molecular complexity index is 732. The molecule has 112 valence electrons. The Hall–Kier alpha value is -1.43. The normalized spacial score (nSPS) is 11.8. The fraction of sp³-hybridized carbons (Fsp3) is 0.267. The summed E-state index contributed by atoms with van der Waals surface area (Å²) in [5.41, 5.74) is 2.06. The number of hydrogen-bond donors (Lipinski definition) is 0. The molecule has 1 aromatic carbocycles. The molecule has 0 saturated carbocycles. The molecular weight excluding hydrogens is 308 g/mol. The number of nitrogens with zero attached hydrogens (tertiary/aromatic N) is 2. The summed E-state index contributed by atoms with van der Waals surface area (Å²) in [6, 6.07) is 10.6. The topological polar surface area (TPSA) is 50.3 Å². The molecule has 1 heterocycles. The number of halogens is 1. The van der Waals surface area contributed by atoms with E-state index in [-0.39, 0.29) is 10.0 Å². The van der Waals surface area contributed by atoms with E-state index in [0.29, 0.717) is 13.1 Å². The average molecular weight is 325 g/mol. The van der Waals surface area contributed by atoms with E-state index in [0.717, 1.165) is 11.1 Å². The van der Waals surface area contributed by atoms with E-state index in [4.69, 9.17) is 11.6 Å². The van der Waals surface area contributed by atoms with Gasteiger partial charge < -0.3 is 0 Å². The highest BCUT2D eigenvalue weighted by Gasteiger charge is 2.23. The molecule has 4 nitrogen and oxygen atoms in total. The quantitative estimate of drug-likeness (QED) is 0.793. The van der Waals surface area contributed by atoms with E-state index < -0.39 is 10.0 Å². The van der Waals surface area contributed by atoms with Crippen LogP contribution in [0.15, 0.2) is 47.5 Å². The van der Waals surface area contributed by atoms with Crippen LogP contribution < -0.4 is 0 Å². The minimum Gasteiger partial charge on any atom is -0.244 e. The monoisotopic (exact) mass is 324 g/mol. The van der Waals surface area contributed by atoms with Gasteiger partial charge in [-0.25, -0.2) is 13.4 Å². The first kappa shape index (κ1) is 15.9. The molecule has 0 aliphatic rings. The summed E-state index contributed by atoms with van der Waals surface area (Å²) >= 11 is 5.79. The summed E-state index contributed by atoms with van der Waals surface area (Å²) in [5.74, 6) is 0. The number of hydrogen-bond acceptors (Lipinski definition) is 3. The van der Waals surface area contributed by atoms with Gasteiger partial charge in [0.25, 0.3) is 0 Å². The smallest absolute Gasteiger partial charge is 0.243 e. The molecule has 0 aliphatic heterocycles. The Labute approximate surface area is 130 Å². The summed E-state index contributed by atoms with van der Waals surface area (Å²) in [5, 5.41) is 0.169. The zero-order valence-corrected chi connectivity index (χ0v) is 13.5. The highest BCUT2D eigenvalue weighted by atomic mass is 35.5. The van der Waals surface area contributed by atoms with Crippen LogP contribution in [-0.4, -0.2) is 24.3 Å². The molecule has 2 aromatic rings. The van der Waals surface area contributed by atoms with Gasteiger partial charge in [-0.3, -0.25) is 0 Å². The molecule has 6 heteroatoms. The second kappa shape index (κ2) is 6.56. The van der Waals surface area contributed by atoms with Gasteiger partial charge in [-0.05, 0) is 24.6 Å². The SMILES string of the molecule is CCN(Cc1cccc(C)c1)S(=O)(=O)c1ccnc(Cl)c1. The van der Waals surface area contributed by atoms with Gasteiger partial charge in [-0.1, -0.05) is 48.4 Å². The van der Waals surface area contributed by atoms with Crippen LogP contribution in [0.1, 0.15) is 18.1 Å². The fourth-order valence-electron chi connectivity index (χ4n) is 2.08. The van der Waals surface area contributed by atoms with Gasteiger partial charge in [-0.15, -0.1) is 0 Å². The number of aromatic nitrogens is 1. The van der Waals surface area contributed by atoms with E-state index in [9.17, 15) is 8.42 Å². The van der Waals surface area contributed by atoms with Crippen LogP contribution in [0.3, 0.4) is 0 Å². The molecule has 21 heavy (non-hydrogen) atoms. The molecule has 0 unspecified atom stereocenters. The molecule has 0 saturated heterocycles. The van der Waals surface area contributed by atoms with E-state index in [2.05, 4.69) is 4.98 Å². The maximum absolute atomic E-state index is 12.6. The van der Waals surface area contributed by atoms with Crippen molar-refractivity contribution in [3.8, 4) is 0 Å². The molecule has 0 bridgehead atoms. The Kier molecular flexibility index (Phi) is 4.98. The van der Waals surface area contributed by atoms with Crippen molar-refractivity contribution in [1.82, 2.24) is 9.29 Å². The maximum Gasteiger partial charge on any atom is 0.243 e. The molecule has 0 spiro atoms. The Morgan fingerprint density at radius 3 is 2.62 bits per heavy atom. The molecule has 0 aliphatic carbocycles. The van der Waals surface area contributed by atoms with E-state index >= 15 is 0 Å². The zero-order chi connectivity index (χ0) is 15.5. The number of sulfonamides is 1. The highest BCUT2D eigenvalue weighted by Crippen LogP contribution is 2.20. The van der Waals surface area contributed by atoms with Crippen LogP contribution in [0, 0.1) is 6.92 Å². The Morgan fingerprint density at radius 1 is 1.24 bits per heavy atom. The van der Waals surface area contributed by atoms with Crippen molar-refractivity contribution in [3.05, 3.63) is 58.9 Å². The van der Waals surface area contributed by atoms with Crippen LogP contribution in [-0.2, 0) is 16.6 Å². The zero-order valence-electron chi connectivity index (χ0n) is 12.0. The summed E-state index contributed by atoms with van der Waals surface area (Å²) in [6.45, 7) is 4.52. The standard InChI is InChI=1S/C15H17ClN2O2S/c1-3-18(11-13-6-4-5-12(2)9-13)21(19,20)14-7-8-17-15(16)10-14/h4-10H,3,11H2,1-2H3.